The van der Waals surface area contributed by atoms with E-state index < -0.39 is 12.0 Å². The van der Waals surface area contributed by atoms with Crippen LogP contribution in [-0.4, -0.2) is 30.9 Å². The molecule has 12 heteroatoms. The number of esters is 1. The minimum atomic E-state index is -0.751. The molecule has 0 fully saturated rings. The van der Waals surface area contributed by atoms with E-state index in [0.717, 1.165) is 11.1 Å². The van der Waals surface area contributed by atoms with Gasteiger partial charge >= 0.3 is 5.97 Å². The summed E-state index contributed by atoms with van der Waals surface area (Å²) in [5, 5.41) is 1.05. The average Bonchev–Trinajstić information content (AvgIpc) is 3.30. The quantitative estimate of drug-likeness (QED) is 0.166. The molecule has 1 aliphatic heterocycles. The number of allylic oxidation sites excluding steroid dienone is 1. The maximum Gasteiger partial charge on any atom is 0.338 e. The fraction of sp³-hybridized carbons (Fsp3) is 0.242. The highest BCUT2D eigenvalue weighted by molar-refractivity contribution is 9.10. The van der Waals surface area contributed by atoms with Crippen molar-refractivity contribution in [1.82, 2.24) is 4.57 Å². The van der Waals surface area contributed by atoms with Gasteiger partial charge in [0.05, 0.1) is 46.6 Å². The van der Waals surface area contributed by atoms with Crippen LogP contribution in [0.15, 0.2) is 80.1 Å². The number of thiazole rings is 1. The van der Waals surface area contributed by atoms with Gasteiger partial charge in [-0.2, -0.15) is 0 Å². The van der Waals surface area contributed by atoms with E-state index in [1.807, 2.05) is 37.3 Å². The number of halogens is 3. The van der Waals surface area contributed by atoms with E-state index in [1.54, 1.807) is 55.9 Å². The maximum absolute atomic E-state index is 14.0. The van der Waals surface area contributed by atoms with Crippen LogP contribution >= 0.6 is 50.5 Å². The summed E-state index contributed by atoms with van der Waals surface area (Å²) in [6, 6.07) is 15.4. The number of methoxy groups -OCH3 is 1. The molecule has 1 aromatic heterocycles. The number of nitrogens with zero attached hydrogens (tertiary/aromatic N) is 2. The van der Waals surface area contributed by atoms with Gasteiger partial charge in [0, 0.05) is 15.6 Å². The van der Waals surface area contributed by atoms with E-state index in [-0.39, 0.29) is 18.8 Å². The molecule has 0 aliphatic carbocycles. The summed E-state index contributed by atoms with van der Waals surface area (Å²) < 4.78 is 25.4. The van der Waals surface area contributed by atoms with Crippen LogP contribution in [-0.2, 0) is 16.1 Å². The van der Waals surface area contributed by atoms with E-state index in [1.165, 1.54) is 11.3 Å². The summed E-state index contributed by atoms with van der Waals surface area (Å²) in [7, 11) is 1.57. The Balaban J connectivity index is 1.56. The second-order valence-electron chi connectivity index (χ2n) is 9.86. The SMILES string of the molecule is CCOC(=O)C1=C(C)N=c2s/c(=C/c3ccc(OCc4ccc(Cl)cc4Cl)c(OCC)c3)c(=O)n2[C@H]1c1ccc(OC)c(Br)c1. The number of hydrogen-bond donors (Lipinski definition) is 0. The van der Waals surface area contributed by atoms with Crippen LogP contribution in [0, 0.1) is 0 Å². The van der Waals surface area contributed by atoms with Crippen molar-refractivity contribution in [3.63, 3.8) is 0 Å². The van der Waals surface area contributed by atoms with E-state index in [4.69, 9.17) is 42.1 Å². The molecule has 2 heterocycles. The number of rotatable bonds is 10. The molecule has 1 aliphatic rings. The minimum absolute atomic E-state index is 0.188. The van der Waals surface area contributed by atoms with Crippen LogP contribution in [0.3, 0.4) is 0 Å². The zero-order chi connectivity index (χ0) is 32.2. The first-order valence-electron chi connectivity index (χ1n) is 14.0. The number of carbonyl (C=O) groups is 1. The average molecular weight is 732 g/mol. The first kappa shape index (κ1) is 32.8. The van der Waals surface area contributed by atoms with Gasteiger partial charge in [-0.15, -0.1) is 0 Å². The zero-order valence-corrected chi connectivity index (χ0v) is 28.8. The Morgan fingerprint density at radius 3 is 2.49 bits per heavy atom. The van der Waals surface area contributed by atoms with E-state index in [9.17, 15) is 9.59 Å². The third-order valence-corrected chi connectivity index (χ3v) is 9.16. The number of fused-ring (bicyclic) bond motifs is 1. The molecule has 0 saturated carbocycles. The normalized spacial score (nSPS) is 14.6. The predicted octanol–water partition coefficient (Wildman–Crippen LogP) is 6.85. The van der Waals surface area contributed by atoms with Crippen molar-refractivity contribution in [2.45, 2.75) is 33.4 Å². The predicted molar refractivity (Wildman–Crippen MR) is 179 cm³/mol. The lowest BCUT2D eigenvalue weighted by atomic mass is 9.96. The van der Waals surface area contributed by atoms with Crippen molar-refractivity contribution in [2.75, 3.05) is 20.3 Å². The lowest BCUT2D eigenvalue weighted by molar-refractivity contribution is -0.139. The molecule has 0 saturated heterocycles. The van der Waals surface area contributed by atoms with Crippen LogP contribution in [0.2, 0.25) is 10.0 Å². The van der Waals surface area contributed by atoms with Crippen molar-refractivity contribution in [2.24, 2.45) is 4.99 Å². The third-order valence-electron chi connectivity index (χ3n) is 6.97. The summed E-state index contributed by atoms with van der Waals surface area (Å²) in [4.78, 5) is 32.3. The molecular weight excluding hydrogens is 703 g/mol. The number of benzene rings is 3. The van der Waals surface area contributed by atoms with Gasteiger partial charge in [0.15, 0.2) is 16.3 Å². The van der Waals surface area contributed by atoms with Gasteiger partial charge in [0.1, 0.15) is 12.4 Å². The summed E-state index contributed by atoms with van der Waals surface area (Å²) in [5.74, 6) is 1.15. The number of ether oxygens (including phenoxy) is 4. The van der Waals surface area contributed by atoms with Gasteiger partial charge in [-0.3, -0.25) is 9.36 Å². The lowest BCUT2D eigenvalue weighted by Gasteiger charge is -2.25. The molecule has 234 valence electrons. The summed E-state index contributed by atoms with van der Waals surface area (Å²) in [6.07, 6.45) is 1.77. The highest BCUT2D eigenvalue weighted by atomic mass is 79.9. The third kappa shape index (κ3) is 6.99. The van der Waals surface area contributed by atoms with Crippen LogP contribution < -0.4 is 29.1 Å². The molecule has 0 amide bonds. The van der Waals surface area contributed by atoms with Gasteiger partial charge in [0.2, 0.25) is 0 Å². The fourth-order valence-electron chi connectivity index (χ4n) is 4.91. The van der Waals surface area contributed by atoms with Gasteiger partial charge in [-0.05, 0) is 90.3 Å². The van der Waals surface area contributed by atoms with Crippen molar-refractivity contribution >= 4 is 62.5 Å². The molecule has 1 atom stereocenters. The molecule has 0 spiro atoms. The first-order chi connectivity index (χ1) is 21.6. The Kier molecular flexibility index (Phi) is 10.4. The Morgan fingerprint density at radius 1 is 1.02 bits per heavy atom. The molecule has 45 heavy (non-hydrogen) atoms. The summed E-state index contributed by atoms with van der Waals surface area (Å²) >= 11 is 17.1. The van der Waals surface area contributed by atoms with Crippen molar-refractivity contribution < 1.29 is 23.7 Å². The second-order valence-corrected chi connectivity index (χ2v) is 12.6. The molecule has 5 rings (SSSR count). The van der Waals surface area contributed by atoms with Gasteiger partial charge < -0.3 is 18.9 Å². The van der Waals surface area contributed by atoms with E-state index in [0.29, 0.717) is 64.5 Å². The van der Waals surface area contributed by atoms with Crippen LogP contribution in [0.4, 0.5) is 0 Å². The molecule has 8 nitrogen and oxygen atoms in total. The standard InChI is InChI=1S/C33H29BrCl2N2O6S/c1-5-42-27-13-19(7-11-26(27)44-17-21-8-10-22(35)16-24(21)36)14-28-31(39)38-30(20-9-12-25(41-4)23(34)15-20)29(32(40)43-6-2)18(3)37-33(38)45-28/h7-16,30H,5-6,17H2,1-4H3/b28-14+/t30-/m0/s1. The fourth-order valence-corrected chi connectivity index (χ4v) is 6.98. The number of aromatic nitrogens is 1. The van der Waals surface area contributed by atoms with Crippen molar-refractivity contribution in [3.8, 4) is 17.2 Å². The second kappa shape index (κ2) is 14.2. The Bertz CT molecular complexity index is 1990. The highest BCUT2D eigenvalue weighted by Gasteiger charge is 2.33. The van der Waals surface area contributed by atoms with E-state index in [2.05, 4.69) is 20.9 Å². The van der Waals surface area contributed by atoms with Crippen molar-refractivity contribution in [1.29, 1.82) is 0 Å². The van der Waals surface area contributed by atoms with Crippen molar-refractivity contribution in [3.05, 3.63) is 117 Å². The smallest absolute Gasteiger partial charge is 0.338 e. The highest BCUT2D eigenvalue weighted by Crippen LogP contribution is 2.35. The Labute approximate surface area is 282 Å². The van der Waals surface area contributed by atoms with Crippen LogP contribution in [0.1, 0.15) is 43.5 Å². The molecule has 0 unspecified atom stereocenters. The lowest BCUT2D eigenvalue weighted by Crippen LogP contribution is -2.39. The zero-order valence-electron chi connectivity index (χ0n) is 24.9. The molecule has 4 aromatic rings. The summed E-state index contributed by atoms with van der Waals surface area (Å²) in [6.45, 7) is 6.19. The minimum Gasteiger partial charge on any atom is -0.496 e. The maximum atomic E-state index is 14.0. The Hall–Kier alpha value is -3.57. The number of hydrogen-bond acceptors (Lipinski definition) is 8. The molecular formula is C33H29BrCl2N2O6S. The van der Waals surface area contributed by atoms with Crippen LogP contribution in [0.5, 0.6) is 17.2 Å². The largest absolute Gasteiger partial charge is 0.496 e. The van der Waals surface area contributed by atoms with Gasteiger partial charge in [0.25, 0.3) is 5.56 Å². The van der Waals surface area contributed by atoms with Gasteiger partial charge in [-0.1, -0.05) is 52.7 Å². The van der Waals surface area contributed by atoms with Crippen LogP contribution in [0.25, 0.3) is 6.08 Å². The molecule has 0 bridgehead atoms. The monoisotopic (exact) mass is 730 g/mol. The number of carbonyl (C=O) groups excluding carboxylic acids is 1. The Morgan fingerprint density at radius 2 is 1.80 bits per heavy atom. The molecule has 0 radical (unpaired) electrons. The topological polar surface area (TPSA) is 88.4 Å². The van der Waals surface area contributed by atoms with E-state index >= 15 is 0 Å². The summed E-state index contributed by atoms with van der Waals surface area (Å²) in [5.41, 5.74) is 2.71. The molecule has 3 aromatic carbocycles. The first-order valence-corrected chi connectivity index (χ1v) is 16.4. The molecule has 0 N–H and O–H groups in total. The van der Waals surface area contributed by atoms with Gasteiger partial charge in [-0.25, -0.2) is 9.79 Å².